The van der Waals surface area contributed by atoms with Crippen molar-refractivity contribution in [3.05, 3.63) is 12.2 Å². The van der Waals surface area contributed by atoms with Gasteiger partial charge in [0.1, 0.15) is 0 Å². The van der Waals surface area contributed by atoms with Gasteiger partial charge in [-0.15, -0.1) is 0 Å². The highest BCUT2D eigenvalue weighted by Crippen LogP contribution is 2.27. The first-order valence-corrected chi connectivity index (χ1v) is 8.15. The van der Waals surface area contributed by atoms with Crippen molar-refractivity contribution in [2.75, 3.05) is 0 Å². The molecule has 1 heterocycles. The van der Waals surface area contributed by atoms with E-state index in [2.05, 4.69) is 0 Å². The molecule has 0 aromatic heterocycles. The van der Waals surface area contributed by atoms with Gasteiger partial charge in [-0.3, -0.25) is 0 Å². The average Bonchev–Trinajstić information content (AvgIpc) is 2.40. The molecule has 0 bridgehead atoms. The summed E-state index contributed by atoms with van der Waals surface area (Å²) in [5, 5.41) is 9.75. The van der Waals surface area contributed by atoms with E-state index in [4.69, 9.17) is 14.2 Å². The first-order chi connectivity index (χ1) is 10.3. The summed E-state index contributed by atoms with van der Waals surface area (Å²) in [6.45, 7) is 9.52. The van der Waals surface area contributed by atoms with Crippen LogP contribution in [0.4, 0.5) is 0 Å². The van der Waals surface area contributed by atoms with Crippen LogP contribution in [0.3, 0.4) is 0 Å². The van der Waals surface area contributed by atoms with Gasteiger partial charge in [-0.05, 0) is 47.0 Å². The first-order valence-electron chi connectivity index (χ1n) is 8.15. The quantitative estimate of drug-likeness (QED) is 0.578. The van der Waals surface area contributed by atoms with Crippen molar-refractivity contribution < 1.29 is 24.1 Å². The highest BCUT2D eigenvalue weighted by molar-refractivity contribution is 5.81. The number of aliphatic hydroxyl groups excluding tert-OH is 1. The summed E-state index contributed by atoms with van der Waals surface area (Å²) in [5.74, 6) is -0.138. The fraction of sp³-hybridized carbons (Fsp3) is 0.824. The minimum Gasteiger partial charge on any atom is -0.460 e. The van der Waals surface area contributed by atoms with Gasteiger partial charge >= 0.3 is 5.97 Å². The van der Waals surface area contributed by atoms with Crippen LogP contribution in [0.5, 0.6) is 0 Å². The molecule has 0 amide bonds. The van der Waals surface area contributed by atoms with Crippen molar-refractivity contribution in [2.45, 2.75) is 84.6 Å². The summed E-state index contributed by atoms with van der Waals surface area (Å²) in [5.41, 5.74) is 0. The number of allylic oxidation sites excluding steroid dienone is 1. The predicted molar refractivity (Wildman–Crippen MR) is 84.3 cm³/mol. The molecule has 0 spiro atoms. The Bertz CT molecular complexity index is 366. The highest BCUT2D eigenvalue weighted by atomic mass is 16.7. The molecule has 0 radical (unpaired) electrons. The van der Waals surface area contributed by atoms with Crippen molar-refractivity contribution in [3.8, 4) is 0 Å². The zero-order chi connectivity index (χ0) is 16.7. The van der Waals surface area contributed by atoms with Crippen LogP contribution >= 0.6 is 0 Å². The summed E-state index contributed by atoms with van der Waals surface area (Å²) < 4.78 is 16.6. The molecule has 5 atom stereocenters. The maximum atomic E-state index is 11.3. The number of carbonyl (C=O) groups is 1. The van der Waals surface area contributed by atoms with Gasteiger partial charge in [0.15, 0.2) is 6.29 Å². The Labute approximate surface area is 133 Å². The molecule has 1 fully saturated rings. The number of hydrogen-bond donors (Lipinski definition) is 1. The van der Waals surface area contributed by atoms with E-state index in [0.717, 1.165) is 12.8 Å². The van der Waals surface area contributed by atoms with Gasteiger partial charge in [0.05, 0.1) is 24.4 Å². The van der Waals surface area contributed by atoms with Crippen molar-refractivity contribution >= 4 is 5.97 Å². The summed E-state index contributed by atoms with van der Waals surface area (Å²) in [4.78, 5) is 11.3. The fourth-order valence-corrected chi connectivity index (χ4v) is 2.37. The maximum absolute atomic E-state index is 11.3. The standard InChI is InChI=1S/C17H30O5/c1-11(2)20-16(19)9-7-6-8-13(4)21-17-12(3)10-15(18)14(5)22-17/h7,9,11-15,17-18H,6,8,10H2,1-5H3/b9-7-/t12-,13-,14+,15?,17?/m1/s1. The van der Waals surface area contributed by atoms with E-state index in [-0.39, 0.29) is 36.5 Å². The Morgan fingerprint density at radius 1 is 1.36 bits per heavy atom. The zero-order valence-corrected chi connectivity index (χ0v) is 14.3. The molecule has 1 saturated heterocycles. The number of aliphatic hydroxyl groups is 1. The van der Waals surface area contributed by atoms with Crippen LogP contribution in [0.15, 0.2) is 12.2 Å². The Hall–Kier alpha value is -0.910. The third-order valence-corrected chi connectivity index (χ3v) is 3.68. The lowest BCUT2D eigenvalue weighted by molar-refractivity contribution is -0.255. The zero-order valence-electron chi connectivity index (χ0n) is 14.3. The molecule has 2 unspecified atom stereocenters. The van der Waals surface area contributed by atoms with Gasteiger partial charge in [0.2, 0.25) is 0 Å². The monoisotopic (exact) mass is 314 g/mol. The molecule has 22 heavy (non-hydrogen) atoms. The Kier molecular flexibility index (Phi) is 8.07. The SMILES string of the molecule is CC(C)OC(=O)/C=C\CC[C@@H](C)OC1O[C@@H](C)C(O)C[C@H]1C. The number of hydrogen-bond acceptors (Lipinski definition) is 5. The maximum Gasteiger partial charge on any atom is 0.330 e. The molecule has 5 heteroatoms. The van der Waals surface area contributed by atoms with Crippen LogP contribution in [-0.4, -0.2) is 41.8 Å². The number of rotatable bonds is 7. The Morgan fingerprint density at radius 3 is 2.68 bits per heavy atom. The van der Waals surface area contributed by atoms with E-state index in [1.165, 1.54) is 6.08 Å². The number of esters is 1. The second-order valence-corrected chi connectivity index (χ2v) is 6.40. The van der Waals surface area contributed by atoms with E-state index in [1.807, 2.05) is 40.7 Å². The van der Waals surface area contributed by atoms with E-state index in [9.17, 15) is 9.90 Å². The minimum atomic E-state index is -0.417. The number of ether oxygens (including phenoxy) is 3. The molecule has 1 N–H and O–H groups in total. The molecule has 1 rings (SSSR count). The lowest BCUT2D eigenvalue weighted by atomic mass is 9.96. The topological polar surface area (TPSA) is 65.0 Å². The minimum absolute atomic E-state index is 0.0284. The fourth-order valence-electron chi connectivity index (χ4n) is 2.37. The van der Waals surface area contributed by atoms with E-state index in [0.29, 0.717) is 6.42 Å². The summed E-state index contributed by atoms with van der Waals surface area (Å²) in [6.07, 6.45) is 4.56. The molecule has 0 saturated carbocycles. The predicted octanol–water partition coefficient (Wildman–Crippen LogP) is 2.81. The Morgan fingerprint density at radius 2 is 2.05 bits per heavy atom. The molecule has 0 aromatic carbocycles. The smallest absolute Gasteiger partial charge is 0.330 e. The van der Waals surface area contributed by atoms with Gasteiger partial charge in [-0.1, -0.05) is 13.0 Å². The van der Waals surface area contributed by atoms with Crippen LogP contribution in [0.25, 0.3) is 0 Å². The van der Waals surface area contributed by atoms with Gasteiger partial charge in [-0.2, -0.15) is 0 Å². The highest BCUT2D eigenvalue weighted by Gasteiger charge is 2.33. The third kappa shape index (κ3) is 6.90. The molecule has 0 aromatic rings. The normalized spacial score (nSPS) is 30.7. The lowest BCUT2D eigenvalue weighted by Gasteiger charge is -2.37. The van der Waals surface area contributed by atoms with Crippen LogP contribution in [0, 0.1) is 5.92 Å². The van der Waals surface area contributed by atoms with Crippen molar-refractivity contribution in [2.24, 2.45) is 5.92 Å². The molecule has 1 aliphatic heterocycles. The van der Waals surface area contributed by atoms with E-state index >= 15 is 0 Å². The lowest BCUT2D eigenvalue weighted by Crippen LogP contribution is -2.44. The van der Waals surface area contributed by atoms with Crippen LogP contribution in [0.2, 0.25) is 0 Å². The molecular formula is C17H30O5. The van der Waals surface area contributed by atoms with E-state index < -0.39 is 6.10 Å². The summed E-state index contributed by atoms with van der Waals surface area (Å²) in [7, 11) is 0. The number of carbonyl (C=O) groups excluding carboxylic acids is 1. The summed E-state index contributed by atoms with van der Waals surface area (Å²) in [6, 6.07) is 0. The second kappa shape index (κ2) is 9.28. The third-order valence-electron chi connectivity index (χ3n) is 3.68. The first kappa shape index (κ1) is 19.1. The van der Waals surface area contributed by atoms with Crippen LogP contribution in [-0.2, 0) is 19.0 Å². The van der Waals surface area contributed by atoms with Crippen molar-refractivity contribution in [3.63, 3.8) is 0 Å². The van der Waals surface area contributed by atoms with Gasteiger partial charge in [0, 0.05) is 12.0 Å². The van der Waals surface area contributed by atoms with E-state index in [1.54, 1.807) is 0 Å². The largest absolute Gasteiger partial charge is 0.460 e. The molecule has 0 aliphatic carbocycles. The molecule has 1 aliphatic rings. The van der Waals surface area contributed by atoms with Gasteiger partial charge in [0.25, 0.3) is 0 Å². The second-order valence-electron chi connectivity index (χ2n) is 6.40. The van der Waals surface area contributed by atoms with Crippen LogP contribution in [0.1, 0.15) is 53.9 Å². The summed E-state index contributed by atoms with van der Waals surface area (Å²) >= 11 is 0. The van der Waals surface area contributed by atoms with Crippen molar-refractivity contribution in [1.29, 1.82) is 0 Å². The van der Waals surface area contributed by atoms with Crippen LogP contribution < -0.4 is 0 Å². The molecular weight excluding hydrogens is 284 g/mol. The molecule has 128 valence electrons. The van der Waals surface area contributed by atoms with Gasteiger partial charge in [-0.25, -0.2) is 4.79 Å². The molecule has 5 nitrogen and oxygen atoms in total. The average molecular weight is 314 g/mol. The van der Waals surface area contributed by atoms with Gasteiger partial charge < -0.3 is 19.3 Å². The van der Waals surface area contributed by atoms with Crippen molar-refractivity contribution in [1.82, 2.24) is 0 Å². The Balaban J connectivity index is 2.27.